The van der Waals surface area contributed by atoms with Gasteiger partial charge < -0.3 is 9.47 Å². The van der Waals surface area contributed by atoms with Gasteiger partial charge in [-0.1, -0.05) is 41.6 Å². The number of hydrogen-bond acceptors (Lipinski definition) is 6. The quantitative estimate of drug-likeness (QED) is 0.533. The summed E-state index contributed by atoms with van der Waals surface area (Å²) in [7, 11) is 0. The minimum Gasteiger partial charge on any atom is -0.490 e. The van der Waals surface area contributed by atoms with Gasteiger partial charge >= 0.3 is 0 Å². The number of benzene rings is 2. The van der Waals surface area contributed by atoms with Gasteiger partial charge in [-0.3, -0.25) is 9.89 Å². The first-order valence-electron chi connectivity index (χ1n) is 8.74. The Labute approximate surface area is 161 Å². The third kappa shape index (κ3) is 4.14. The lowest BCUT2D eigenvalue weighted by atomic mass is 10.1. The minimum atomic E-state index is -0.00247. The molecule has 0 amide bonds. The van der Waals surface area contributed by atoms with Gasteiger partial charge in [0, 0.05) is 17.5 Å². The van der Waals surface area contributed by atoms with Gasteiger partial charge in [0.1, 0.15) is 0 Å². The first-order chi connectivity index (χ1) is 13.2. The zero-order chi connectivity index (χ0) is 18.6. The summed E-state index contributed by atoms with van der Waals surface area (Å²) in [4.78, 5) is 17.0. The van der Waals surface area contributed by atoms with E-state index >= 15 is 0 Å². The van der Waals surface area contributed by atoms with E-state index in [1.807, 2.05) is 31.2 Å². The molecule has 1 aliphatic heterocycles. The van der Waals surface area contributed by atoms with Crippen LogP contribution in [0.5, 0.6) is 11.5 Å². The van der Waals surface area contributed by atoms with Gasteiger partial charge in [0.15, 0.2) is 23.1 Å². The maximum Gasteiger partial charge on any atom is 0.209 e. The second-order valence-corrected chi connectivity index (χ2v) is 7.20. The molecule has 2 heterocycles. The summed E-state index contributed by atoms with van der Waals surface area (Å²) in [6.07, 6.45) is 0.835. The van der Waals surface area contributed by atoms with Crippen molar-refractivity contribution in [1.29, 1.82) is 0 Å². The first kappa shape index (κ1) is 17.6. The molecule has 1 aromatic heterocycles. The number of fused-ring (bicyclic) bond motifs is 1. The van der Waals surface area contributed by atoms with Crippen LogP contribution in [-0.4, -0.2) is 39.9 Å². The Morgan fingerprint density at radius 3 is 2.70 bits per heavy atom. The molecular weight excluding hydrogens is 362 g/mol. The van der Waals surface area contributed by atoms with Crippen molar-refractivity contribution in [3.63, 3.8) is 0 Å². The number of rotatable bonds is 5. The Hall–Kier alpha value is -2.80. The van der Waals surface area contributed by atoms with Crippen LogP contribution in [0.3, 0.4) is 0 Å². The van der Waals surface area contributed by atoms with Crippen LogP contribution >= 0.6 is 11.8 Å². The van der Waals surface area contributed by atoms with Gasteiger partial charge in [0.2, 0.25) is 5.16 Å². The topological polar surface area (TPSA) is 77.1 Å². The third-order valence-electron chi connectivity index (χ3n) is 4.19. The van der Waals surface area contributed by atoms with Gasteiger partial charge in [-0.25, -0.2) is 4.98 Å². The number of hydrogen-bond donors (Lipinski definition) is 1. The van der Waals surface area contributed by atoms with E-state index in [1.54, 1.807) is 18.2 Å². The molecule has 0 saturated heterocycles. The lowest BCUT2D eigenvalue weighted by Gasteiger charge is -2.08. The van der Waals surface area contributed by atoms with Crippen molar-refractivity contribution in [2.24, 2.45) is 0 Å². The average molecular weight is 381 g/mol. The molecule has 0 aliphatic carbocycles. The minimum absolute atomic E-state index is 0.00247. The molecule has 0 radical (unpaired) electrons. The lowest BCUT2D eigenvalue weighted by Crippen LogP contribution is -2.03. The number of carbonyl (C=O) groups excluding carboxylic acids is 1. The van der Waals surface area contributed by atoms with E-state index in [0.717, 1.165) is 12.0 Å². The van der Waals surface area contributed by atoms with Crippen LogP contribution in [0.4, 0.5) is 0 Å². The molecule has 2 aromatic carbocycles. The van der Waals surface area contributed by atoms with Gasteiger partial charge in [0.25, 0.3) is 0 Å². The summed E-state index contributed by atoms with van der Waals surface area (Å²) in [5.41, 5.74) is 2.75. The summed E-state index contributed by atoms with van der Waals surface area (Å²) >= 11 is 1.31. The van der Waals surface area contributed by atoms with E-state index in [4.69, 9.17) is 9.47 Å². The number of nitrogens with one attached hydrogen (secondary N) is 1. The van der Waals surface area contributed by atoms with Crippen molar-refractivity contribution < 1.29 is 14.3 Å². The number of ketones is 1. The van der Waals surface area contributed by atoms with Crippen LogP contribution < -0.4 is 9.47 Å². The van der Waals surface area contributed by atoms with E-state index < -0.39 is 0 Å². The lowest BCUT2D eigenvalue weighted by molar-refractivity contribution is 0.102. The third-order valence-corrected chi connectivity index (χ3v) is 5.04. The standard InChI is InChI=1S/C20H19N3O3S/c1-13-3-5-14(6-4-13)19-21-20(23-22-19)27-12-16(24)15-7-8-17-18(11-15)26-10-2-9-25-17/h3-8,11H,2,9-10,12H2,1H3,(H,21,22,23). The van der Waals surface area contributed by atoms with E-state index in [-0.39, 0.29) is 11.5 Å². The molecule has 0 unspecified atom stereocenters. The van der Waals surface area contributed by atoms with Gasteiger partial charge in [-0.15, -0.1) is 5.10 Å². The van der Waals surface area contributed by atoms with Crippen LogP contribution in [0.2, 0.25) is 0 Å². The van der Waals surface area contributed by atoms with E-state index in [1.165, 1.54) is 17.3 Å². The molecule has 1 aliphatic rings. The number of aromatic amines is 1. The maximum atomic E-state index is 12.5. The van der Waals surface area contributed by atoms with E-state index in [2.05, 4.69) is 15.2 Å². The van der Waals surface area contributed by atoms with Crippen molar-refractivity contribution >= 4 is 17.5 Å². The highest BCUT2D eigenvalue weighted by atomic mass is 32.2. The fourth-order valence-electron chi connectivity index (χ4n) is 2.70. The SMILES string of the molecule is Cc1ccc(-c2nc(SCC(=O)c3ccc4c(c3)OCCCO4)n[nH]2)cc1. The van der Waals surface area contributed by atoms with Crippen molar-refractivity contribution in [2.75, 3.05) is 19.0 Å². The Morgan fingerprint density at radius 2 is 1.89 bits per heavy atom. The molecule has 4 rings (SSSR count). The highest BCUT2D eigenvalue weighted by Crippen LogP contribution is 2.31. The number of carbonyl (C=O) groups is 1. The molecule has 0 fully saturated rings. The van der Waals surface area contributed by atoms with E-state index in [9.17, 15) is 4.79 Å². The first-order valence-corrected chi connectivity index (χ1v) is 9.73. The number of nitrogens with zero attached hydrogens (tertiary/aromatic N) is 2. The van der Waals surface area contributed by atoms with Crippen molar-refractivity contribution in [3.05, 3.63) is 53.6 Å². The highest BCUT2D eigenvalue weighted by molar-refractivity contribution is 7.99. The molecular formula is C20H19N3O3S. The molecule has 6 nitrogen and oxygen atoms in total. The Morgan fingerprint density at radius 1 is 1.11 bits per heavy atom. The predicted molar refractivity (Wildman–Crippen MR) is 104 cm³/mol. The second-order valence-electron chi connectivity index (χ2n) is 6.26. The fraction of sp³-hybridized carbons (Fsp3) is 0.250. The van der Waals surface area contributed by atoms with Crippen LogP contribution in [0.15, 0.2) is 47.6 Å². The Bertz CT molecular complexity index is 953. The van der Waals surface area contributed by atoms with Crippen molar-refractivity contribution in [1.82, 2.24) is 15.2 Å². The highest BCUT2D eigenvalue weighted by Gasteiger charge is 2.15. The molecule has 0 bridgehead atoms. The van der Waals surface area contributed by atoms with Gasteiger partial charge in [0.05, 0.1) is 19.0 Å². The molecule has 138 valence electrons. The van der Waals surface area contributed by atoms with Gasteiger partial charge in [-0.2, -0.15) is 0 Å². The number of ether oxygens (including phenoxy) is 2. The van der Waals surface area contributed by atoms with E-state index in [0.29, 0.717) is 41.3 Å². The van der Waals surface area contributed by atoms with Crippen LogP contribution in [-0.2, 0) is 0 Å². The molecule has 0 saturated carbocycles. The zero-order valence-electron chi connectivity index (χ0n) is 14.9. The van der Waals surface area contributed by atoms with Crippen molar-refractivity contribution in [3.8, 4) is 22.9 Å². The summed E-state index contributed by atoms with van der Waals surface area (Å²) < 4.78 is 11.2. The average Bonchev–Trinajstić information content (AvgIpc) is 3.03. The van der Waals surface area contributed by atoms with Crippen molar-refractivity contribution in [2.45, 2.75) is 18.5 Å². The maximum absolute atomic E-state index is 12.5. The molecule has 0 spiro atoms. The largest absolute Gasteiger partial charge is 0.490 e. The molecule has 1 N–H and O–H groups in total. The van der Waals surface area contributed by atoms with Crippen LogP contribution in [0.25, 0.3) is 11.4 Å². The smallest absolute Gasteiger partial charge is 0.209 e. The zero-order valence-corrected chi connectivity index (χ0v) is 15.7. The number of H-pyrrole nitrogens is 1. The molecule has 3 aromatic rings. The van der Waals surface area contributed by atoms with Gasteiger partial charge in [-0.05, 0) is 25.1 Å². The summed E-state index contributed by atoms with van der Waals surface area (Å²) in [5, 5.41) is 7.67. The summed E-state index contributed by atoms with van der Waals surface area (Å²) in [5.74, 6) is 2.26. The Kier molecular flexibility index (Phi) is 5.11. The second kappa shape index (κ2) is 7.84. The molecule has 0 atom stereocenters. The Balaban J connectivity index is 1.41. The molecule has 27 heavy (non-hydrogen) atoms. The number of aryl methyl sites for hydroxylation is 1. The predicted octanol–water partition coefficient (Wildman–Crippen LogP) is 3.92. The fourth-order valence-corrected chi connectivity index (χ4v) is 3.39. The number of Topliss-reactive ketones (excluding diaryl/α,β-unsaturated/α-hetero) is 1. The summed E-state index contributed by atoms with van der Waals surface area (Å²) in [6.45, 7) is 3.26. The van der Waals surface area contributed by atoms with Crippen LogP contribution in [0.1, 0.15) is 22.3 Å². The normalized spacial score (nSPS) is 13.2. The number of aromatic nitrogens is 3. The monoisotopic (exact) mass is 381 g/mol. The molecule has 7 heteroatoms. The van der Waals surface area contributed by atoms with Crippen LogP contribution in [0, 0.1) is 6.92 Å². The number of thioether (sulfide) groups is 1. The summed E-state index contributed by atoms with van der Waals surface area (Å²) in [6, 6.07) is 13.4.